The Balaban J connectivity index is 1.71. The molecule has 0 radical (unpaired) electrons. The second-order valence-electron chi connectivity index (χ2n) is 6.39. The lowest BCUT2D eigenvalue weighted by Crippen LogP contribution is -2.50. The van der Waals surface area contributed by atoms with Gasteiger partial charge in [-0.05, 0) is 31.2 Å². The Kier molecular flexibility index (Phi) is 5.92. The van der Waals surface area contributed by atoms with Crippen LogP contribution in [0.2, 0.25) is 10.0 Å². The third-order valence-corrected chi connectivity index (χ3v) is 5.24. The van der Waals surface area contributed by atoms with Gasteiger partial charge in [-0.1, -0.05) is 40.9 Å². The average Bonchev–Trinajstić information content (AvgIpc) is 2.69. The highest BCUT2D eigenvalue weighted by molar-refractivity contribution is 6.37. The van der Waals surface area contributed by atoms with Crippen molar-refractivity contribution in [2.75, 3.05) is 33.3 Å². The molecular formula is C20H20Cl2N2O3. The molecule has 2 amide bonds. The molecule has 1 fully saturated rings. The van der Waals surface area contributed by atoms with Crippen molar-refractivity contribution < 1.29 is 14.3 Å². The van der Waals surface area contributed by atoms with Gasteiger partial charge in [0.2, 0.25) is 0 Å². The quantitative estimate of drug-likeness (QED) is 0.776. The van der Waals surface area contributed by atoms with Crippen molar-refractivity contribution >= 4 is 35.0 Å². The van der Waals surface area contributed by atoms with E-state index in [0.29, 0.717) is 41.8 Å². The fourth-order valence-electron chi connectivity index (χ4n) is 3.08. The molecule has 1 aliphatic heterocycles. The molecule has 1 heterocycles. The first kappa shape index (κ1) is 19.5. The van der Waals surface area contributed by atoms with Crippen LogP contribution in [-0.2, 0) is 0 Å². The van der Waals surface area contributed by atoms with E-state index >= 15 is 0 Å². The number of amides is 2. The van der Waals surface area contributed by atoms with Gasteiger partial charge in [0, 0.05) is 31.7 Å². The second kappa shape index (κ2) is 8.19. The average molecular weight is 407 g/mol. The van der Waals surface area contributed by atoms with Crippen LogP contribution in [0.25, 0.3) is 0 Å². The lowest BCUT2D eigenvalue weighted by Gasteiger charge is -2.35. The van der Waals surface area contributed by atoms with E-state index in [1.54, 1.807) is 21.9 Å². The van der Waals surface area contributed by atoms with Gasteiger partial charge < -0.3 is 14.5 Å². The van der Waals surface area contributed by atoms with Crippen molar-refractivity contribution in [2.24, 2.45) is 0 Å². The SMILES string of the molecule is COc1c(Cl)ccc(Cl)c1C(=O)N1CCN(C(=O)c2ccc(C)cc2)CC1. The highest BCUT2D eigenvalue weighted by Crippen LogP contribution is 2.34. The fraction of sp³-hybridized carbons (Fsp3) is 0.300. The van der Waals surface area contributed by atoms with Crippen molar-refractivity contribution in [3.8, 4) is 5.75 Å². The summed E-state index contributed by atoms with van der Waals surface area (Å²) in [5.41, 5.74) is 2.01. The van der Waals surface area contributed by atoms with Gasteiger partial charge in [-0.25, -0.2) is 0 Å². The fourth-order valence-corrected chi connectivity index (χ4v) is 3.55. The summed E-state index contributed by atoms with van der Waals surface area (Å²) in [5.74, 6) is -0.00502. The summed E-state index contributed by atoms with van der Waals surface area (Å²) in [4.78, 5) is 29.0. The second-order valence-corrected chi connectivity index (χ2v) is 7.20. The van der Waals surface area contributed by atoms with Crippen LogP contribution in [-0.4, -0.2) is 54.9 Å². The van der Waals surface area contributed by atoms with E-state index in [1.807, 2.05) is 31.2 Å². The molecule has 1 aliphatic rings. The van der Waals surface area contributed by atoms with Crippen LogP contribution in [0.15, 0.2) is 36.4 Å². The van der Waals surface area contributed by atoms with E-state index in [-0.39, 0.29) is 23.1 Å². The first-order chi connectivity index (χ1) is 12.9. The Labute approximate surface area is 168 Å². The lowest BCUT2D eigenvalue weighted by atomic mass is 10.1. The zero-order valence-corrected chi connectivity index (χ0v) is 16.7. The van der Waals surface area contributed by atoms with Gasteiger partial charge in [-0.3, -0.25) is 9.59 Å². The normalized spacial score (nSPS) is 14.2. The van der Waals surface area contributed by atoms with Crippen LogP contribution in [0.1, 0.15) is 26.3 Å². The van der Waals surface area contributed by atoms with E-state index in [0.717, 1.165) is 5.56 Å². The molecule has 142 valence electrons. The highest BCUT2D eigenvalue weighted by Gasteiger charge is 2.29. The molecule has 3 rings (SSSR count). The Hall–Kier alpha value is -2.24. The van der Waals surface area contributed by atoms with Crippen molar-refractivity contribution in [1.29, 1.82) is 0 Å². The summed E-state index contributed by atoms with van der Waals surface area (Å²) in [7, 11) is 1.45. The number of piperazine rings is 1. The van der Waals surface area contributed by atoms with Gasteiger partial charge in [0.25, 0.3) is 11.8 Å². The van der Waals surface area contributed by atoms with Crippen LogP contribution in [0, 0.1) is 6.92 Å². The van der Waals surface area contributed by atoms with E-state index in [1.165, 1.54) is 7.11 Å². The minimum Gasteiger partial charge on any atom is -0.494 e. The summed E-state index contributed by atoms with van der Waals surface area (Å²) in [6, 6.07) is 10.7. The smallest absolute Gasteiger partial charge is 0.259 e. The standard InChI is InChI=1S/C20H20Cl2N2O3/c1-13-3-5-14(6-4-13)19(25)23-9-11-24(12-10-23)20(26)17-15(21)7-8-16(22)18(17)27-2/h3-8H,9-12H2,1-2H3. The number of hydrogen-bond donors (Lipinski definition) is 0. The van der Waals surface area contributed by atoms with E-state index < -0.39 is 0 Å². The van der Waals surface area contributed by atoms with Crippen molar-refractivity contribution in [3.63, 3.8) is 0 Å². The molecule has 0 atom stereocenters. The number of carbonyl (C=O) groups is 2. The molecule has 0 aromatic heterocycles. The molecule has 2 aromatic rings. The molecule has 0 aliphatic carbocycles. The summed E-state index contributed by atoms with van der Waals surface area (Å²) in [6.45, 7) is 3.73. The van der Waals surface area contributed by atoms with E-state index in [9.17, 15) is 9.59 Å². The highest BCUT2D eigenvalue weighted by atomic mass is 35.5. The van der Waals surface area contributed by atoms with Crippen molar-refractivity contribution in [3.05, 3.63) is 63.1 Å². The van der Waals surface area contributed by atoms with Crippen LogP contribution < -0.4 is 4.74 Å². The maximum Gasteiger partial charge on any atom is 0.259 e. The number of rotatable bonds is 3. The number of carbonyl (C=O) groups excluding carboxylic acids is 2. The molecule has 7 heteroatoms. The van der Waals surface area contributed by atoms with Gasteiger partial charge in [0.15, 0.2) is 5.75 Å². The van der Waals surface area contributed by atoms with E-state index in [4.69, 9.17) is 27.9 Å². The van der Waals surface area contributed by atoms with Gasteiger partial charge >= 0.3 is 0 Å². The molecular weight excluding hydrogens is 387 g/mol. The zero-order valence-electron chi connectivity index (χ0n) is 15.2. The molecule has 2 aromatic carbocycles. The monoisotopic (exact) mass is 406 g/mol. The summed E-state index contributed by atoms with van der Waals surface area (Å²) < 4.78 is 5.27. The maximum absolute atomic E-state index is 12.9. The topological polar surface area (TPSA) is 49.9 Å². The lowest BCUT2D eigenvalue weighted by molar-refractivity contribution is 0.0533. The first-order valence-electron chi connectivity index (χ1n) is 8.59. The maximum atomic E-state index is 12.9. The predicted molar refractivity (Wildman–Crippen MR) is 106 cm³/mol. The third-order valence-electron chi connectivity index (χ3n) is 4.63. The van der Waals surface area contributed by atoms with Crippen molar-refractivity contribution in [2.45, 2.75) is 6.92 Å². The number of hydrogen-bond acceptors (Lipinski definition) is 3. The molecule has 0 spiro atoms. The van der Waals surface area contributed by atoms with Crippen LogP contribution in [0.5, 0.6) is 5.75 Å². The molecule has 0 saturated carbocycles. The first-order valence-corrected chi connectivity index (χ1v) is 9.35. The molecule has 0 bridgehead atoms. The van der Waals surface area contributed by atoms with Gasteiger partial charge in [-0.15, -0.1) is 0 Å². The molecule has 0 N–H and O–H groups in total. The number of halogens is 2. The van der Waals surface area contributed by atoms with Crippen LogP contribution >= 0.6 is 23.2 Å². The zero-order chi connectivity index (χ0) is 19.6. The number of aryl methyl sites for hydroxylation is 1. The van der Waals surface area contributed by atoms with Gasteiger partial charge in [0.1, 0.15) is 5.56 Å². The third kappa shape index (κ3) is 4.04. The minimum atomic E-state index is -0.248. The van der Waals surface area contributed by atoms with Gasteiger partial charge in [0.05, 0.1) is 17.2 Å². The van der Waals surface area contributed by atoms with Gasteiger partial charge in [-0.2, -0.15) is 0 Å². The van der Waals surface area contributed by atoms with Crippen molar-refractivity contribution in [1.82, 2.24) is 9.80 Å². The Morgan fingerprint density at radius 1 is 0.852 bits per heavy atom. The van der Waals surface area contributed by atoms with E-state index in [2.05, 4.69) is 0 Å². The minimum absolute atomic E-state index is 0.0273. The summed E-state index contributed by atoms with van der Waals surface area (Å²) in [6.07, 6.45) is 0. The van der Waals surface area contributed by atoms with Crippen LogP contribution in [0.4, 0.5) is 0 Å². The largest absolute Gasteiger partial charge is 0.494 e. The summed E-state index contributed by atoms with van der Waals surface area (Å²) >= 11 is 12.3. The molecule has 5 nitrogen and oxygen atoms in total. The number of ether oxygens (including phenoxy) is 1. The Morgan fingerprint density at radius 3 is 1.93 bits per heavy atom. The number of methoxy groups -OCH3 is 1. The predicted octanol–water partition coefficient (Wildman–Crippen LogP) is 3.91. The molecule has 0 unspecified atom stereocenters. The summed E-state index contributed by atoms with van der Waals surface area (Å²) in [5, 5.41) is 0.623. The number of nitrogens with zero attached hydrogens (tertiary/aromatic N) is 2. The Bertz CT molecular complexity index is 860. The molecule has 27 heavy (non-hydrogen) atoms. The number of benzene rings is 2. The Morgan fingerprint density at radius 2 is 1.37 bits per heavy atom. The molecule has 1 saturated heterocycles. The van der Waals surface area contributed by atoms with Crippen LogP contribution in [0.3, 0.4) is 0 Å².